The van der Waals surface area contributed by atoms with Gasteiger partial charge in [0.25, 0.3) is 0 Å². The Kier molecular flexibility index (Phi) is 4.66. The van der Waals surface area contributed by atoms with E-state index in [0.29, 0.717) is 6.04 Å². The lowest BCUT2D eigenvalue weighted by Gasteiger charge is -2.50. The largest absolute Gasteiger partial charge is 0.481 e. The molecule has 5 aliphatic rings. The Hall–Kier alpha value is -1.60. The first kappa shape index (κ1) is 19.4. The lowest BCUT2D eigenvalue weighted by atomic mass is 9.80. The van der Waals surface area contributed by atoms with Gasteiger partial charge in [-0.2, -0.15) is 0 Å². The van der Waals surface area contributed by atoms with E-state index in [1.165, 1.54) is 0 Å². The lowest BCUT2D eigenvalue weighted by molar-refractivity contribution is -0.609. The van der Waals surface area contributed by atoms with E-state index in [-0.39, 0.29) is 18.2 Å². The first-order valence-corrected chi connectivity index (χ1v) is 11.4. The van der Waals surface area contributed by atoms with E-state index in [1.54, 1.807) is 0 Å². The van der Waals surface area contributed by atoms with Gasteiger partial charge in [0.2, 0.25) is 5.72 Å². The van der Waals surface area contributed by atoms with Crippen molar-refractivity contribution < 1.29 is 24.0 Å². The van der Waals surface area contributed by atoms with Crippen molar-refractivity contribution in [1.82, 2.24) is 10.6 Å². The maximum absolute atomic E-state index is 12.4. The van der Waals surface area contributed by atoms with Crippen LogP contribution in [0.5, 0.6) is 0 Å². The summed E-state index contributed by atoms with van der Waals surface area (Å²) in [4.78, 5) is 12.4. The summed E-state index contributed by atoms with van der Waals surface area (Å²) >= 11 is 0. The van der Waals surface area contributed by atoms with Gasteiger partial charge in [-0.3, -0.25) is 9.37 Å². The van der Waals surface area contributed by atoms with Crippen LogP contribution >= 0.6 is 0 Å². The average molecular weight is 405 g/mol. The quantitative estimate of drug-likeness (QED) is 0.484. The van der Waals surface area contributed by atoms with Crippen molar-refractivity contribution in [2.45, 2.75) is 107 Å². The van der Waals surface area contributed by atoms with Crippen LogP contribution in [0, 0.1) is 5.92 Å². The molecule has 5 rings (SSSR count). The normalized spacial score (nSPS) is 46.2. The summed E-state index contributed by atoms with van der Waals surface area (Å²) in [5, 5.41) is 17.5. The molecule has 0 aromatic rings. The minimum Gasteiger partial charge on any atom is -0.481 e. The molecule has 7 nitrogen and oxygen atoms in total. The summed E-state index contributed by atoms with van der Waals surface area (Å²) in [6, 6.07) is 0.273. The van der Waals surface area contributed by atoms with Crippen LogP contribution in [-0.2, 0) is 14.3 Å². The number of allylic oxidation sites excluding steroid dienone is 1. The van der Waals surface area contributed by atoms with Crippen LogP contribution in [0.4, 0.5) is 0 Å². The van der Waals surface area contributed by atoms with Crippen molar-refractivity contribution in [2.75, 3.05) is 0 Å². The van der Waals surface area contributed by atoms with Crippen molar-refractivity contribution in [3.05, 3.63) is 12.2 Å². The zero-order chi connectivity index (χ0) is 20.2. The Labute approximate surface area is 172 Å². The van der Waals surface area contributed by atoms with Gasteiger partial charge in [-0.1, -0.05) is 19.1 Å². The zero-order valence-corrected chi connectivity index (χ0v) is 17.5. The van der Waals surface area contributed by atoms with Crippen molar-refractivity contribution in [3.8, 4) is 0 Å². The molecule has 2 saturated heterocycles. The minimum atomic E-state index is -0.840. The van der Waals surface area contributed by atoms with Crippen LogP contribution in [0.3, 0.4) is 0 Å². The third-order valence-electron chi connectivity index (χ3n) is 7.61. The first-order valence-electron chi connectivity index (χ1n) is 11.4. The van der Waals surface area contributed by atoms with Gasteiger partial charge in [0.1, 0.15) is 0 Å². The van der Waals surface area contributed by atoms with Crippen LogP contribution in [0.2, 0.25) is 0 Å². The van der Waals surface area contributed by atoms with Gasteiger partial charge in [-0.15, -0.1) is 0 Å². The predicted molar refractivity (Wildman–Crippen MR) is 107 cm³/mol. The number of carbonyl (C=O) groups is 1. The Morgan fingerprint density at radius 3 is 2.90 bits per heavy atom. The predicted octanol–water partition coefficient (Wildman–Crippen LogP) is 2.31. The molecule has 0 saturated carbocycles. The molecule has 0 aromatic heterocycles. The second kappa shape index (κ2) is 6.98. The van der Waals surface area contributed by atoms with Gasteiger partial charge in [0, 0.05) is 19.3 Å². The molecule has 5 heterocycles. The third kappa shape index (κ3) is 3.08. The van der Waals surface area contributed by atoms with Crippen molar-refractivity contribution in [1.29, 1.82) is 0 Å². The van der Waals surface area contributed by atoms with E-state index < -0.39 is 23.3 Å². The van der Waals surface area contributed by atoms with Crippen LogP contribution in [0.1, 0.15) is 71.6 Å². The molecule has 7 heteroatoms. The average Bonchev–Trinajstić information content (AvgIpc) is 2.96. The number of ether oxygens (including phenoxy) is 2. The number of guanidine groups is 1. The molecule has 0 radical (unpaired) electrons. The fourth-order valence-electron chi connectivity index (χ4n) is 6.41. The summed E-state index contributed by atoms with van der Waals surface area (Å²) in [7, 11) is 0. The molecule has 160 valence electrons. The fraction of sp³-hybridized carbons (Fsp3) is 0.818. The molecule has 0 unspecified atom stereocenters. The van der Waals surface area contributed by atoms with E-state index in [0.717, 1.165) is 63.7 Å². The van der Waals surface area contributed by atoms with E-state index >= 15 is 0 Å². The maximum atomic E-state index is 12.4. The van der Waals surface area contributed by atoms with Crippen LogP contribution in [0.15, 0.2) is 12.2 Å². The number of carboxylic acids is 1. The topological polar surface area (TPSA) is 82.8 Å². The number of rotatable bonds is 2. The molecule has 0 amide bonds. The number of nitrogens with zero attached hydrogens (tertiary/aromatic N) is 1. The summed E-state index contributed by atoms with van der Waals surface area (Å²) in [5.74, 6) is -0.389. The molecular formula is C22H34N3O4+. The summed E-state index contributed by atoms with van der Waals surface area (Å²) in [6.45, 7) is 4.21. The van der Waals surface area contributed by atoms with E-state index in [9.17, 15) is 9.90 Å². The van der Waals surface area contributed by atoms with Gasteiger partial charge < -0.3 is 14.6 Å². The molecule has 2 spiro atoms. The number of hydrogen-bond acceptors (Lipinski definition) is 5. The highest BCUT2D eigenvalue weighted by Gasteiger charge is 2.64. The second-order valence-corrected chi connectivity index (χ2v) is 9.56. The van der Waals surface area contributed by atoms with Crippen molar-refractivity contribution in [2.24, 2.45) is 5.92 Å². The van der Waals surface area contributed by atoms with Gasteiger partial charge in [0.05, 0.1) is 24.3 Å². The smallest absolute Gasteiger partial charge is 0.350 e. The molecule has 0 bridgehead atoms. The van der Waals surface area contributed by atoms with Crippen LogP contribution in [-0.4, -0.2) is 57.4 Å². The van der Waals surface area contributed by atoms with Crippen LogP contribution in [0.25, 0.3) is 0 Å². The van der Waals surface area contributed by atoms with E-state index in [2.05, 4.69) is 41.2 Å². The Morgan fingerprint density at radius 2 is 2.14 bits per heavy atom. The monoisotopic (exact) mass is 404 g/mol. The standard InChI is InChI=1S/C22H33N3O4/c1-3-16-8-4-5-11-21(29-16)13-15-9-10-17-18(19(26)27)22(12-6-7-14(2)28-22)24-20(23-21)25(15)17/h4,8,14-18H,3,5-7,9-13H2,1-2H3,(H2,23,24,26,27)/p+1/t14-,15+,16+,17+,18-,21+,22+/m1/s1. The second-order valence-electron chi connectivity index (χ2n) is 9.56. The third-order valence-corrected chi connectivity index (χ3v) is 7.61. The fourth-order valence-corrected chi connectivity index (χ4v) is 6.41. The molecule has 0 aliphatic carbocycles. The van der Waals surface area contributed by atoms with Gasteiger partial charge in [-0.25, -0.2) is 10.6 Å². The minimum absolute atomic E-state index is 0.0326. The SMILES string of the molecule is CC[C@H]1C=CCC[C@@]2(C[C@@H]3CC[C@H]4[C@H](C(=O)O)[C@@]5(CCC[C@@H](C)O5)NC(=[N+]34)N2)O1. The highest BCUT2D eigenvalue weighted by Crippen LogP contribution is 2.45. The van der Waals surface area contributed by atoms with Gasteiger partial charge in [-0.05, 0) is 45.4 Å². The number of aliphatic carboxylic acids is 1. The summed E-state index contributed by atoms with van der Waals surface area (Å²) in [6.07, 6.45) is 12.9. The van der Waals surface area contributed by atoms with Gasteiger partial charge in [0.15, 0.2) is 11.6 Å². The van der Waals surface area contributed by atoms with Crippen molar-refractivity contribution >= 4 is 11.9 Å². The molecule has 2 fully saturated rings. The molecule has 29 heavy (non-hydrogen) atoms. The summed E-state index contributed by atoms with van der Waals surface area (Å²) in [5.41, 5.74) is -1.24. The lowest BCUT2D eigenvalue weighted by Crippen LogP contribution is -2.76. The van der Waals surface area contributed by atoms with Crippen molar-refractivity contribution in [3.63, 3.8) is 0 Å². The van der Waals surface area contributed by atoms with Gasteiger partial charge >= 0.3 is 11.9 Å². The Morgan fingerprint density at radius 1 is 1.28 bits per heavy atom. The Balaban J connectivity index is 1.52. The highest BCUT2D eigenvalue weighted by molar-refractivity contribution is 5.81. The first-order chi connectivity index (χ1) is 14.0. The summed E-state index contributed by atoms with van der Waals surface area (Å²) < 4.78 is 15.3. The molecule has 5 aliphatic heterocycles. The number of nitrogens with one attached hydrogen (secondary N) is 2. The van der Waals surface area contributed by atoms with Crippen LogP contribution < -0.4 is 10.6 Å². The molecule has 0 aromatic carbocycles. The highest BCUT2D eigenvalue weighted by atomic mass is 16.5. The molecular weight excluding hydrogens is 370 g/mol. The Bertz CT molecular complexity index is 752. The number of hydrogen-bond donors (Lipinski definition) is 3. The van der Waals surface area contributed by atoms with E-state index in [1.807, 2.05) is 0 Å². The molecule has 7 atom stereocenters. The van der Waals surface area contributed by atoms with E-state index in [4.69, 9.17) is 9.47 Å². The maximum Gasteiger partial charge on any atom is 0.350 e. The molecule has 3 N–H and O–H groups in total. The number of carboxylic acid groups (broad SMARTS) is 1. The zero-order valence-electron chi connectivity index (χ0n) is 17.5.